The summed E-state index contributed by atoms with van der Waals surface area (Å²) in [5.41, 5.74) is 0. The van der Waals surface area contributed by atoms with Gasteiger partial charge in [0.15, 0.2) is 0 Å². The first-order valence-corrected chi connectivity index (χ1v) is 0.612. The van der Waals surface area contributed by atoms with Crippen molar-refractivity contribution >= 4 is 9.12 Å². The maximum absolute atomic E-state index is 8.06. The Morgan fingerprint density at radius 3 is 1.50 bits per heavy atom. The zero-order valence-electron chi connectivity index (χ0n) is 3.26. The average molecular weight is 112 g/mol. The first-order chi connectivity index (χ1) is 1.00. The van der Waals surface area contributed by atoms with Crippen LogP contribution in [0.2, 0.25) is 0 Å². The second-order valence-electron chi connectivity index (χ2n) is 0. The molecule has 0 amide bonds. The van der Waals surface area contributed by atoms with Crippen molar-refractivity contribution in [1.82, 2.24) is 0 Å². The molecule has 0 radical (unpaired) electrons. The van der Waals surface area contributed by atoms with Crippen molar-refractivity contribution in [2.24, 2.45) is 0 Å². The molecule has 0 rings (SSSR count). The molecule has 0 aliphatic rings. The molecule has 0 fully saturated rings. The third-order valence-electron chi connectivity index (χ3n) is 0. The normalized spacial score (nSPS) is 1.00. The quantitative estimate of drug-likeness (QED) is 0.252. The summed E-state index contributed by atoms with van der Waals surface area (Å²) in [5.74, 6) is 0. The predicted octanol–water partition coefficient (Wildman–Crippen LogP) is -2.41. The second kappa shape index (κ2) is 29.5. The van der Waals surface area contributed by atoms with Gasteiger partial charge in [0.1, 0.15) is 9.12 Å². The van der Waals surface area contributed by atoms with E-state index in [0.29, 0.717) is 0 Å². The third-order valence-corrected chi connectivity index (χ3v) is 0. The minimum atomic E-state index is 0. The number of rotatable bonds is 0. The summed E-state index contributed by atoms with van der Waals surface area (Å²) in [7, 11) is 1.72. The SMILES string of the molecule is O=P.[Fe].[H-].[Li+]. The van der Waals surface area contributed by atoms with Gasteiger partial charge < -0.3 is 1.43 Å². The molecule has 0 unspecified atom stereocenters. The van der Waals surface area contributed by atoms with Gasteiger partial charge in [-0.2, -0.15) is 0 Å². The maximum atomic E-state index is 8.06. The van der Waals surface area contributed by atoms with Gasteiger partial charge in [0.2, 0.25) is 0 Å². The molecule has 0 aliphatic heterocycles. The van der Waals surface area contributed by atoms with Gasteiger partial charge in [-0.15, -0.1) is 0 Å². The molecule has 0 aliphatic carbocycles. The summed E-state index contributed by atoms with van der Waals surface area (Å²) in [6, 6.07) is 0. The molecule has 0 atom stereocenters. The molecule has 0 bridgehead atoms. The van der Waals surface area contributed by atoms with Crippen LogP contribution in [0.3, 0.4) is 0 Å². The molecule has 0 aromatic heterocycles. The molecule has 0 heterocycles. The average Bonchev–Trinajstić information content (AvgIpc) is 1.00. The van der Waals surface area contributed by atoms with E-state index in [1.807, 2.05) is 0 Å². The van der Waals surface area contributed by atoms with Gasteiger partial charge in [0.05, 0.1) is 0 Å². The molecule has 4 heavy (non-hydrogen) atoms. The van der Waals surface area contributed by atoms with Crippen LogP contribution in [0, 0.1) is 0 Å². The fourth-order valence-electron chi connectivity index (χ4n) is 0. The van der Waals surface area contributed by atoms with E-state index in [9.17, 15) is 0 Å². The van der Waals surface area contributed by atoms with E-state index < -0.39 is 0 Å². The van der Waals surface area contributed by atoms with Gasteiger partial charge >= 0.3 is 18.9 Å². The minimum Gasteiger partial charge on any atom is -1.00 e. The van der Waals surface area contributed by atoms with E-state index in [1.54, 1.807) is 9.12 Å². The molecule has 1 nitrogen and oxygen atoms in total. The standard InChI is InChI=1S/Fe.Li.HOP.H/c;;1-2;/h;;2H;/q;+1;;-1. The number of hydrogen-bond acceptors (Lipinski definition) is 1. The molecule has 0 saturated heterocycles. The van der Waals surface area contributed by atoms with Gasteiger partial charge in [0, 0.05) is 17.1 Å². The van der Waals surface area contributed by atoms with Crippen LogP contribution >= 0.6 is 9.12 Å². The summed E-state index contributed by atoms with van der Waals surface area (Å²) in [6.45, 7) is 0. The third kappa shape index (κ3) is 10.7. The first-order valence-electron chi connectivity index (χ1n) is 0.204. The van der Waals surface area contributed by atoms with Gasteiger partial charge in [-0.3, -0.25) is 4.57 Å². The van der Waals surface area contributed by atoms with Crippen molar-refractivity contribution in [1.29, 1.82) is 0 Å². The van der Waals surface area contributed by atoms with E-state index in [4.69, 9.17) is 4.57 Å². The van der Waals surface area contributed by atoms with Gasteiger partial charge in [-0.1, -0.05) is 0 Å². The van der Waals surface area contributed by atoms with Crippen LogP contribution in [-0.2, 0) is 21.6 Å². The Morgan fingerprint density at radius 1 is 1.50 bits per heavy atom. The maximum Gasteiger partial charge on any atom is 1.00 e. The van der Waals surface area contributed by atoms with Crippen molar-refractivity contribution < 1.29 is 41.9 Å². The van der Waals surface area contributed by atoms with Gasteiger partial charge in [-0.25, -0.2) is 0 Å². The van der Waals surface area contributed by atoms with Crippen molar-refractivity contribution in [3.8, 4) is 0 Å². The Bertz CT molecular complexity index is 11.6. The monoisotopic (exact) mass is 112 g/mol. The van der Waals surface area contributed by atoms with Gasteiger partial charge in [-0.05, 0) is 0 Å². The molecule has 4 heteroatoms. The van der Waals surface area contributed by atoms with Crippen LogP contribution in [0.1, 0.15) is 1.43 Å². The topological polar surface area (TPSA) is 17.1 Å². The molecule has 0 aromatic rings. The minimum absolute atomic E-state index is 0. The largest absolute Gasteiger partial charge is 1.00 e. The predicted molar refractivity (Wildman–Crippen MR) is 10.1 cm³/mol. The van der Waals surface area contributed by atoms with Crippen LogP contribution in [0.25, 0.3) is 0 Å². The fourth-order valence-corrected chi connectivity index (χ4v) is 0. The van der Waals surface area contributed by atoms with E-state index >= 15 is 0 Å². The van der Waals surface area contributed by atoms with Crippen molar-refractivity contribution in [2.75, 3.05) is 0 Å². The zero-order chi connectivity index (χ0) is 2.00. The van der Waals surface area contributed by atoms with E-state index in [1.165, 1.54) is 0 Å². The summed E-state index contributed by atoms with van der Waals surface area (Å²) in [4.78, 5) is 0. The van der Waals surface area contributed by atoms with Gasteiger partial charge in [0.25, 0.3) is 0 Å². The Labute approximate surface area is 51.3 Å². The summed E-state index contributed by atoms with van der Waals surface area (Å²) < 4.78 is 8.06. The van der Waals surface area contributed by atoms with Crippen LogP contribution in [-0.4, -0.2) is 0 Å². The molecule has 0 spiro atoms. The van der Waals surface area contributed by atoms with Crippen LogP contribution in [0.5, 0.6) is 0 Å². The second-order valence-corrected chi connectivity index (χ2v) is 0. The van der Waals surface area contributed by atoms with Crippen LogP contribution in [0.4, 0.5) is 0 Å². The Kier molecular flexibility index (Phi) is 139. The summed E-state index contributed by atoms with van der Waals surface area (Å²) in [5, 5.41) is 0. The first kappa shape index (κ1) is 18.9. The molecule has 0 aromatic carbocycles. The fraction of sp³-hybridized carbons (Fsp3) is 0. The molecule has 22 valence electrons. The molecular weight excluding hydrogens is 110 g/mol. The number of hydrogen-bond donors (Lipinski definition) is 0. The van der Waals surface area contributed by atoms with Crippen molar-refractivity contribution in [3.63, 3.8) is 0 Å². The van der Waals surface area contributed by atoms with E-state index in [2.05, 4.69) is 0 Å². The summed E-state index contributed by atoms with van der Waals surface area (Å²) >= 11 is 0. The zero-order valence-corrected chi connectivity index (χ0v) is 4.37. The summed E-state index contributed by atoms with van der Waals surface area (Å²) in [6.07, 6.45) is 0. The smallest absolute Gasteiger partial charge is 1.00 e. The van der Waals surface area contributed by atoms with Crippen LogP contribution in [0.15, 0.2) is 0 Å². The Balaban J connectivity index is -0.00000000167. The van der Waals surface area contributed by atoms with Crippen molar-refractivity contribution in [2.45, 2.75) is 0 Å². The Morgan fingerprint density at radius 2 is 1.50 bits per heavy atom. The van der Waals surface area contributed by atoms with Crippen LogP contribution < -0.4 is 18.9 Å². The molecule has 0 saturated carbocycles. The molecule has 0 N–H and O–H groups in total. The van der Waals surface area contributed by atoms with E-state index in [-0.39, 0.29) is 37.4 Å². The Hall–Kier alpha value is 1.22. The van der Waals surface area contributed by atoms with Crippen molar-refractivity contribution in [3.05, 3.63) is 0 Å². The molecular formula is H2FeLiOP. The van der Waals surface area contributed by atoms with E-state index in [0.717, 1.165) is 0 Å².